The van der Waals surface area contributed by atoms with Gasteiger partial charge in [-0.25, -0.2) is 4.79 Å². The minimum atomic E-state index is -0.202. The van der Waals surface area contributed by atoms with Crippen LogP contribution < -0.4 is 0 Å². The summed E-state index contributed by atoms with van der Waals surface area (Å²) in [5.74, 6) is -0.202. The topological polar surface area (TPSA) is 29.5 Å². The predicted molar refractivity (Wildman–Crippen MR) is 85.5 cm³/mol. The predicted octanol–water partition coefficient (Wildman–Crippen LogP) is 3.89. The zero-order valence-electron chi connectivity index (χ0n) is 13.1. The van der Waals surface area contributed by atoms with Gasteiger partial charge in [0.15, 0.2) is 0 Å². The Balaban J connectivity index is 1.74. The van der Waals surface area contributed by atoms with E-state index in [0.717, 1.165) is 6.42 Å². The minimum absolute atomic E-state index is 0.202. The van der Waals surface area contributed by atoms with Gasteiger partial charge in [0.2, 0.25) is 0 Å². The Labute approximate surface area is 128 Å². The van der Waals surface area contributed by atoms with E-state index in [1.165, 1.54) is 45.2 Å². The molecule has 2 rings (SSSR count). The standard InChI is InChI=1S/C18H27NO2/c1-2-3-13-19-14-8-7-11-17(19)12-15-21-18(20)16-9-5-4-6-10-16/h4-6,9-10,17H,2-3,7-8,11-15H2,1H3. The largest absolute Gasteiger partial charge is 0.462 e. The fourth-order valence-electron chi connectivity index (χ4n) is 2.99. The molecule has 0 aliphatic carbocycles. The molecule has 0 N–H and O–H groups in total. The van der Waals surface area contributed by atoms with Crippen molar-refractivity contribution < 1.29 is 9.53 Å². The van der Waals surface area contributed by atoms with E-state index in [9.17, 15) is 4.79 Å². The van der Waals surface area contributed by atoms with Gasteiger partial charge in [-0.15, -0.1) is 0 Å². The highest BCUT2D eigenvalue weighted by atomic mass is 16.5. The van der Waals surface area contributed by atoms with Crippen LogP contribution in [0.5, 0.6) is 0 Å². The number of carbonyl (C=O) groups excluding carboxylic acids is 1. The summed E-state index contributed by atoms with van der Waals surface area (Å²) in [6.45, 7) is 5.16. The zero-order chi connectivity index (χ0) is 14.9. The maximum Gasteiger partial charge on any atom is 0.338 e. The van der Waals surface area contributed by atoms with Gasteiger partial charge in [0, 0.05) is 6.04 Å². The minimum Gasteiger partial charge on any atom is -0.462 e. The average Bonchev–Trinajstić information content (AvgIpc) is 2.54. The Morgan fingerprint density at radius 2 is 2.10 bits per heavy atom. The molecule has 1 aromatic carbocycles. The van der Waals surface area contributed by atoms with E-state index < -0.39 is 0 Å². The zero-order valence-corrected chi connectivity index (χ0v) is 13.1. The number of piperidine rings is 1. The van der Waals surface area contributed by atoms with Gasteiger partial charge >= 0.3 is 5.97 Å². The monoisotopic (exact) mass is 289 g/mol. The second-order valence-corrected chi connectivity index (χ2v) is 5.83. The van der Waals surface area contributed by atoms with Gasteiger partial charge in [-0.1, -0.05) is 38.0 Å². The van der Waals surface area contributed by atoms with E-state index >= 15 is 0 Å². The van der Waals surface area contributed by atoms with Crippen molar-refractivity contribution in [3.05, 3.63) is 35.9 Å². The van der Waals surface area contributed by atoms with E-state index in [4.69, 9.17) is 4.74 Å². The number of esters is 1. The molecule has 1 aliphatic rings. The molecule has 1 saturated heterocycles. The first-order valence-electron chi connectivity index (χ1n) is 8.27. The van der Waals surface area contributed by atoms with Crippen LogP contribution in [0.1, 0.15) is 55.8 Å². The molecule has 21 heavy (non-hydrogen) atoms. The smallest absolute Gasteiger partial charge is 0.338 e. The van der Waals surface area contributed by atoms with E-state index in [1.807, 2.05) is 18.2 Å². The SMILES string of the molecule is CCCCN1CCCCC1CCOC(=O)c1ccccc1. The number of hydrogen-bond donors (Lipinski definition) is 0. The van der Waals surface area contributed by atoms with Crippen molar-refractivity contribution >= 4 is 5.97 Å². The third-order valence-corrected chi connectivity index (χ3v) is 4.24. The molecule has 0 aromatic heterocycles. The molecule has 1 atom stereocenters. The van der Waals surface area contributed by atoms with Crippen LogP contribution in [0.3, 0.4) is 0 Å². The molecule has 3 nitrogen and oxygen atoms in total. The Kier molecular flexibility index (Phi) is 6.74. The third-order valence-electron chi connectivity index (χ3n) is 4.24. The number of unbranched alkanes of at least 4 members (excludes halogenated alkanes) is 1. The van der Waals surface area contributed by atoms with Crippen molar-refractivity contribution in [1.29, 1.82) is 0 Å². The van der Waals surface area contributed by atoms with Crippen molar-refractivity contribution in [3.63, 3.8) is 0 Å². The lowest BCUT2D eigenvalue weighted by Gasteiger charge is -2.35. The molecule has 1 aromatic rings. The van der Waals surface area contributed by atoms with Gasteiger partial charge in [0.25, 0.3) is 0 Å². The Morgan fingerprint density at radius 1 is 1.29 bits per heavy atom. The van der Waals surface area contributed by atoms with Crippen molar-refractivity contribution in [3.8, 4) is 0 Å². The highest BCUT2D eigenvalue weighted by Gasteiger charge is 2.21. The average molecular weight is 289 g/mol. The number of carbonyl (C=O) groups is 1. The van der Waals surface area contributed by atoms with Gasteiger partial charge in [-0.2, -0.15) is 0 Å². The van der Waals surface area contributed by atoms with Gasteiger partial charge in [-0.05, 0) is 50.9 Å². The Hall–Kier alpha value is -1.35. The summed E-state index contributed by atoms with van der Waals surface area (Å²) in [5, 5.41) is 0. The number of rotatable bonds is 7. The molecule has 0 radical (unpaired) electrons. The third kappa shape index (κ3) is 5.16. The van der Waals surface area contributed by atoms with Gasteiger partial charge < -0.3 is 9.64 Å². The molecule has 0 bridgehead atoms. The van der Waals surface area contributed by atoms with Gasteiger partial charge in [-0.3, -0.25) is 0 Å². The van der Waals surface area contributed by atoms with Crippen LogP contribution in [-0.4, -0.2) is 36.6 Å². The Morgan fingerprint density at radius 3 is 2.86 bits per heavy atom. The lowest BCUT2D eigenvalue weighted by atomic mass is 9.99. The molecule has 1 aliphatic heterocycles. The number of likely N-dealkylation sites (tertiary alicyclic amines) is 1. The van der Waals surface area contributed by atoms with Crippen LogP contribution in [0.15, 0.2) is 30.3 Å². The van der Waals surface area contributed by atoms with Crippen LogP contribution in [0.4, 0.5) is 0 Å². The molecule has 0 saturated carbocycles. The van der Waals surface area contributed by atoms with Crippen molar-refractivity contribution in [2.24, 2.45) is 0 Å². The molecule has 1 heterocycles. The first-order chi connectivity index (χ1) is 10.3. The fraction of sp³-hybridized carbons (Fsp3) is 0.611. The second-order valence-electron chi connectivity index (χ2n) is 5.83. The summed E-state index contributed by atoms with van der Waals surface area (Å²) < 4.78 is 5.42. The molecular formula is C18H27NO2. The van der Waals surface area contributed by atoms with E-state index in [2.05, 4.69) is 11.8 Å². The lowest BCUT2D eigenvalue weighted by molar-refractivity contribution is 0.0432. The molecule has 0 spiro atoms. The van der Waals surface area contributed by atoms with Crippen LogP contribution in [-0.2, 0) is 4.74 Å². The van der Waals surface area contributed by atoms with E-state index in [-0.39, 0.29) is 5.97 Å². The van der Waals surface area contributed by atoms with Crippen molar-refractivity contribution in [2.75, 3.05) is 19.7 Å². The maximum absolute atomic E-state index is 11.9. The quantitative estimate of drug-likeness (QED) is 0.713. The van der Waals surface area contributed by atoms with E-state index in [0.29, 0.717) is 18.2 Å². The van der Waals surface area contributed by atoms with Crippen molar-refractivity contribution in [2.45, 2.75) is 51.5 Å². The van der Waals surface area contributed by atoms with Crippen LogP contribution in [0.2, 0.25) is 0 Å². The molecule has 0 amide bonds. The summed E-state index contributed by atoms with van der Waals surface area (Å²) in [6, 6.07) is 9.83. The number of hydrogen-bond acceptors (Lipinski definition) is 3. The lowest BCUT2D eigenvalue weighted by Crippen LogP contribution is -2.40. The molecule has 1 unspecified atom stereocenters. The normalized spacial score (nSPS) is 19.4. The first kappa shape index (κ1) is 16.0. The summed E-state index contributed by atoms with van der Waals surface area (Å²) in [6.07, 6.45) is 7.32. The molecule has 3 heteroatoms. The number of ether oxygens (including phenoxy) is 1. The summed E-state index contributed by atoms with van der Waals surface area (Å²) >= 11 is 0. The van der Waals surface area contributed by atoms with Crippen LogP contribution in [0.25, 0.3) is 0 Å². The number of nitrogens with zero attached hydrogens (tertiary/aromatic N) is 1. The maximum atomic E-state index is 11.9. The molecule has 1 fully saturated rings. The summed E-state index contributed by atoms with van der Waals surface area (Å²) in [7, 11) is 0. The van der Waals surface area contributed by atoms with Crippen LogP contribution >= 0.6 is 0 Å². The van der Waals surface area contributed by atoms with E-state index in [1.54, 1.807) is 12.1 Å². The fourth-order valence-corrected chi connectivity index (χ4v) is 2.99. The molecule has 116 valence electrons. The summed E-state index contributed by atoms with van der Waals surface area (Å²) in [5.41, 5.74) is 0.643. The second kappa shape index (κ2) is 8.83. The van der Waals surface area contributed by atoms with Crippen LogP contribution in [0, 0.1) is 0 Å². The van der Waals surface area contributed by atoms with Gasteiger partial charge in [0.1, 0.15) is 0 Å². The Bertz CT molecular complexity index is 418. The van der Waals surface area contributed by atoms with Gasteiger partial charge in [0.05, 0.1) is 12.2 Å². The summed E-state index contributed by atoms with van der Waals surface area (Å²) in [4.78, 5) is 14.5. The highest BCUT2D eigenvalue weighted by Crippen LogP contribution is 2.20. The molecular weight excluding hydrogens is 262 g/mol. The highest BCUT2D eigenvalue weighted by molar-refractivity contribution is 5.89. The van der Waals surface area contributed by atoms with Crippen molar-refractivity contribution in [1.82, 2.24) is 4.90 Å². The number of benzene rings is 1. The first-order valence-corrected chi connectivity index (χ1v) is 8.27.